The quantitative estimate of drug-likeness (QED) is 0.184. The molecule has 0 aliphatic carbocycles. The highest BCUT2D eigenvalue weighted by Crippen LogP contribution is 2.29. The minimum atomic E-state index is -0.265. The summed E-state index contributed by atoms with van der Waals surface area (Å²) in [6, 6.07) is 22.4. The van der Waals surface area contributed by atoms with Crippen LogP contribution in [0.25, 0.3) is 17.1 Å². The zero-order valence-corrected chi connectivity index (χ0v) is 21.5. The van der Waals surface area contributed by atoms with Crippen LogP contribution >= 0.6 is 23.4 Å². The Morgan fingerprint density at radius 2 is 1.72 bits per heavy atom. The Morgan fingerprint density at radius 1 is 1.00 bits per heavy atom. The largest absolute Gasteiger partial charge is 0.497 e. The highest BCUT2D eigenvalue weighted by Gasteiger charge is 2.17. The molecule has 8 nitrogen and oxygen atoms in total. The van der Waals surface area contributed by atoms with Crippen molar-refractivity contribution in [1.82, 2.24) is 20.2 Å². The maximum Gasteiger partial charge on any atom is 0.250 e. The Balaban J connectivity index is 1.52. The summed E-state index contributed by atoms with van der Waals surface area (Å²) in [6.45, 7) is 1.82. The summed E-state index contributed by atoms with van der Waals surface area (Å²) < 4.78 is 12.4. The molecule has 0 spiro atoms. The molecule has 0 fully saturated rings. The SMILES string of the molecule is COc1ccc(-c2nnc(SCC(=O)N/N=C(\C)c3cccc(OC)c3)n2-c2ccc(Cl)cc2)cc1. The van der Waals surface area contributed by atoms with Gasteiger partial charge in [0.1, 0.15) is 11.5 Å². The topological polar surface area (TPSA) is 90.6 Å². The molecule has 10 heteroatoms. The molecule has 0 unspecified atom stereocenters. The van der Waals surface area contributed by atoms with E-state index < -0.39 is 0 Å². The van der Waals surface area contributed by atoms with Gasteiger partial charge < -0.3 is 9.47 Å². The molecule has 0 saturated heterocycles. The van der Waals surface area contributed by atoms with Gasteiger partial charge in [-0.15, -0.1) is 10.2 Å². The van der Waals surface area contributed by atoms with Gasteiger partial charge in [0.05, 0.1) is 25.7 Å². The number of thioether (sulfide) groups is 1. The Labute approximate surface area is 218 Å². The van der Waals surface area contributed by atoms with E-state index in [1.165, 1.54) is 11.8 Å². The van der Waals surface area contributed by atoms with Crippen molar-refractivity contribution in [1.29, 1.82) is 0 Å². The van der Waals surface area contributed by atoms with E-state index in [1.54, 1.807) is 26.4 Å². The van der Waals surface area contributed by atoms with E-state index in [2.05, 4.69) is 20.7 Å². The molecule has 36 heavy (non-hydrogen) atoms. The lowest BCUT2D eigenvalue weighted by Gasteiger charge is -2.11. The first kappa shape index (κ1) is 25.3. The smallest absolute Gasteiger partial charge is 0.250 e. The van der Waals surface area contributed by atoms with Gasteiger partial charge in [0.2, 0.25) is 0 Å². The Bertz CT molecular complexity index is 1370. The molecular formula is C26H24ClN5O3S. The number of benzene rings is 3. The number of halogens is 1. The van der Waals surface area contributed by atoms with Gasteiger partial charge in [0, 0.05) is 21.8 Å². The molecule has 1 N–H and O–H groups in total. The zero-order chi connectivity index (χ0) is 25.5. The summed E-state index contributed by atoms with van der Waals surface area (Å²) in [5.74, 6) is 1.93. The van der Waals surface area contributed by atoms with Crippen molar-refractivity contribution >= 4 is 35.0 Å². The van der Waals surface area contributed by atoms with Gasteiger partial charge in [0.15, 0.2) is 11.0 Å². The van der Waals surface area contributed by atoms with Crippen LogP contribution in [-0.2, 0) is 4.79 Å². The van der Waals surface area contributed by atoms with E-state index in [9.17, 15) is 4.79 Å². The molecule has 0 aliphatic rings. The van der Waals surface area contributed by atoms with Gasteiger partial charge >= 0.3 is 0 Å². The maximum atomic E-state index is 12.6. The van der Waals surface area contributed by atoms with E-state index >= 15 is 0 Å². The van der Waals surface area contributed by atoms with Crippen molar-refractivity contribution < 1.29 is 14.3 Å². The van der Waals surface area contributed by atoms with Gasteiger partial charge in [-0.3, -0.25) is 9.36 Å². The first-order chi connectivity index (χ1) is 17.5. The van der Waals surface area contributed by atoms with Gasteiger partial charge in [0.25, 0.3) is 5.91 Å². The standard InChI is InChI=1S/C26H24ClN5O3S/c1-17(19-5-4-6-23(15-19)35-3)28-29-24(33)16-36-26-31-30-25(18-7-13-22(34-2)14-8-18)32(26)21-11-9-20(27)10-12-21/h4-15H,16H2,1-3H3,(H,29,33)/b28-17+. The Hall–Kier alpha value is -3.82. The molecule has 0 saturated carbocycles. The van der Waals surface area contributed by atoms with Crippen LogP contribution in [0.4, 0.5) is 0 Å². The van der Waals surface area contributed by atoms with Crippen molar-refractivity contribution in [2.45, 2.75) is 12.1 Å². The fraction of sp³-hybridized carbons (Fsp3) is 0.154. The highest BCUT2D eigenvalue weighted by molar-refractivity contribution is 7.99. The molecule has 184 valence electrons. The number of hydrogen-bond donors (Lipinski definition) is 1. The lowest BCUT2D eigenvalue weighted by atomic mass is 10.1. The third kappa shape index (κ3) is 6.05. The van der Waals surface area contributed by atoms with E-state index in [0.717, 1.165) is 28.3 Å². The predicted molar refractivity (Wildman–Crippen MR) is 142 cm³/mol. The number of nitrogens with one attached hydrogen (secondary N) is 1. The number of rotatable bonds is 9. The van der Waals surface area contributed by atoms with Crippen LogP contribution in [0.3, 0.4) is 0 Å². The fourth-order valence-corrected chi connectivity index (χ4v) is 4.20. The molecule has 0 aliphatic heterocycles. The molecule has 1 amide bonds. The number of carbonyl (C=O) groups is 1. The molecule has 4 rings (SSSR count). The molecule has 3 aromatic carbocycles. The van der Waals surface area contributed by atoms with Crippen molar-refractivity contribution in [3.63, 3.8) is 0 Å². The molecular weight excluding hydrogens is 498 g/mol. The summed E-state index contributed by atoms with van der Waals surface area (Å²) in [7, 11) is 3.22. The van der Waals surface area contributed by atoms with Gasteiger partial charge in [-0.1, -0.05) is 35.5 Å². The van der Waals surface area contributed by atoms with E-state index in [-0.39, 0.29) is 11.7 Å². The number of ether oxygens (including phenoxy) is 2. The summed E-state index contributed by atoms with van der Waals surface area (Å²) in [5.41, 5.74) is 5.80. The van der Waals surface area contributed by atoms with Crippen LogP contribution in [0.5, 0.6) is 11.5 Å². The van der Waals surface area contributed by atoms with Crippen LogP contribution in [0, 0.1) is 0 Å². The monoisotopic (exact) mass is 521 g/mol. The van der Waals surface area contributed by atoms with Crippen LogP contribution in [-0.4, -0.2) is 46.4 Å². The summed E-state index contributed by atoms with van der Waals surface area (Å²) >= 11 is 7.36. The van der Waals surface area contributed by atoms with Crippen molar-refractivity contribution in [3.8, 4) is 28.6 Å². The number of aromatic nitrogens is 3. The second-order valence-electron chi connectivity index (χ2n) is 7.60. The number of amides is 1. The summed E-state index contributed by atoms with van der Waals surface area (Å²) in [5, 5.41) is 14.1. The van der Waals surface area contributed by atoms with Gasteiger partial charge in [-0.2, -0.15) is 5.10 Å². The van der Waals surface area contributed by atoms with Crippen molar-refractivity contribution in [2.24, 2.45) is 5.10 Å². The molecule has 1 aromatic heterocycles. The molecule has 1 heterocycles. The van der Waals surface area contributed by atoms with Crippen LogP contribution in [0.2, 0.25) is 5.02 Å². The van der Waals surface area contributed by atoms with Gasteiger partial charge in [-0.05, 0) is 67.6 Å². The number of carbonyl (C=O) groups excluding carboxylic acids is 1. The first-order valence-corrected chi connectivity index (χ1v) is 12.3. The second-order valence-corrected chi connectivity index (χ2v) is 8.98. The first-order valence-electron chi connectivity index (χ1n) is 10.9. The number of hydrogen-bond acceptors (Lipinski definition) is 7. The third-order valence-corrected chi connectivity index (χ3v) is 6.42. The van der Waals surface area contributed by atoms with Crippen molar-refractivity contribution in [3.05, 3.63) is 83.4 Å². The number of nitrogens with zero attached hydrogens (tertiary/aromatic N) is 4. The summed E-state index contributed by atoms with van der Waals surface area (Å²) in [6.07, 6.45) is 0. The molecule has 4 aromatic rings. The molecule has 0 bridgehead atoms. The van der Waals surface area contributed by atoms with Crippen LogP contribution in [0.15, 0.2) is 83.1 Å². The van der Waals surface area contributed by atoms with E-state index in [1.807, 2.05) is 72.2 Å². The highest BCUT2D eigenvalue weighted by atomic mass is 35.5. The van der Waals surface area contributed by atoms with Crippen LogP contribution < -0.4 is 14.9 Å². The number of hydrazone groups is 1. The third-order valence-electron chi connectivity index (χ3n) is 5.23. The normalized spacial score (nSPS) is 11.3. The minimum Gasteiger partial charge on any atom is -0.497 e. The number of methoxy groups -OCH3 is 2. The minimum absolute atomic E-state index is 0.100. The van der Waals surface area contributed by atoms with Gasteiger partial charge in [-0.25, -0.2) is 5.43 Å². The second kappa shape index (κ2) is 11.7. The predicted octanol–water partition coefficient (Wildman–Crippen LogP) is 5.24. The lowest BCUT2D eigenvalue weighted by molar-refractivity contribution is -0.118. The Kier molecular flexibility index (Phi) is 8.24. The lowest BCUT2D eigenvalue weighted by Crippen LogP contribution is -2.21. The molecule has 0 radical (unpaired) electrons. The zero-order valence-electron chi connectivity index (χ0n) is 19.9. The Morgan fingerprint density at radius 3 is 2.42 bits per heavy atom. The summed E-state index contributed by atoms with van der Waals surface area (Å²) in [4.78, 5) is 12.6. The van der Waals surface area contributed by atoms with Crippen molar-refractivity contribution in [2.75, 3.05) is 20.0 Å². The fourth-order valence-electron chi connectivity index (χ4n) is 3.33. The molecule has 0 atom stereocenters. The maximum absolute atomic E-state index is 12.6. The van der Waals surface area contributed by atoms with Crippen LogP contribution in [0.1, 0.15) is 12.5 Å². The van der Waals surface area contributed by atoms with E-state index in [4.69, 9.17) is 21.1 Å². The average Bonchev–Trinajstić information content (AvgIpc) is 3.35. The van der Waals surface area contributed by atoms with E-state index in [0.29, 0.717) is 21.7 Å². The average molecular weight is 522 g/mol.